The Hall–Kier alpha value is -3.54. The number of nitrogens with zero attached hydrogens (tertiary/aromatic N) is 2. The van der Waals surface area contributed by atoms with E-state index in [-0.39, 0.29) is 49.1 Å². The molecule has 5 aliphatic rings. The molecule has 2 N–H and O–H groups in total. The lowest BCUT2D eigenvalue weighted by atomic mass is 9.91. The fourth-order valence-corrected chi connectivity index (χ4v) is 6.66. The highest BCUT2D eigenvalue weighted by Gasteiger charge is 2.64. The second-order valence-corrected chi connectivity index (χ2v) is 12.6. The van der Waals surface area contributed by atoms with Crippen LogP contribution in [0, 0.1) is 11.8 Å². The number of likely N-dealkylation sites (N-methyl/N-ethyl adjacent to an activating group) is 1. The number of aliphatic hydroxyl groups is 1. The topological polar surface area (TPSA) is 135 Å². The summed E-state index contributed by atoms with van der Waals surface area (Å²) in [6.07, 6.45) is 8.27. The molecule has 2 saturated heterocycles. The van der Waals surface area contributed by atoms with Crippen LogP contribution in [-0.2, 0) is 28.6 Å². The molecule has 0 spiro atoms. The van der Waals surface area contributed by atoms with E-state index < -0.39 is 36.1 Å². The second-order valence-electron chi connectivity index (χ2n) is 12.6. The predicted octanol–water partition coefficient (Wildman–Crippen LogP) is 2.04. The SMILES string of the molecule is CN(C)C(=O)C=Cc1ccccc1C(=O)O[C@@H]1CC(C(=O)N2CCC[C@@H]2C(=O)NCCO)=C[C@H]2OC(C3CC3)(C3CC3)O[C@H]21. The quantitative estimate of drug-likeness (QED) is 0.305. The Bertz CT molecular complexity index is 1350. The number of carbonyl (C=O) groups is 4. The third-order valence-electron chi connectivity index (χ3n) is 9.20. The van der Waals surface area contributed by atoms with Gasteiger partial charge in [0.1, 0.15) is 24.4 Å². The molecular formula is C33H41N3O8. The van der Waals surface area contributed by atoms with Gasteiger partial charge in [-0.05, 0) is 62.3 Å². The molecule has 1 aromatic carbocycles. The maximum absolute atomic E-state index is 13.9. The number of ether oxygens (including phenoxy) is 3. The monoisotopic (exact) mass is 607 g/mol. The van der Waals surface area contributed by atoms with E-state index in [1.165, 1.54) is 11.0 Å². The number of aliphatic hydroxyl groups excluding tert-OH is 1. The van der Waals surface area contributed by atoms with Gasteiger partial charge >= 0.3 is 5.97 Å². The van der Waals surface area contributed by atoms with Crippen molar-refractivity contribution in [2.24, 2.45) is 11.8 Å². The van der Waals surface area contributed by atoms with Crippen LogP contribution in [0.15, 0.2) is 42.0 Å². The minimum atomic E-state index is -0.791. The molecular weight excluding hydrogens is 566 g/mol. The molecule has 1 aromatic rings. The van der Waals surface area contributed by atoms with Gasteiger partial charge in [-0.25, -0.2) is 4.79 Å². The second kappa shape index (κ2) is 12.5. The zero-order valence-electron chi connectivity index (χ0n) is 25.3. The van der Waals surface area contributed by atoms with Crippen molar-refractivity contribution in [3.8, 4) is 0 Å². The molecule has 236 valence electrons. The zero-order valence-corrected chi connectivity index (χ0v) is 25.3. The number of amides is 3. The van der Waals surface area contributed by atoms with E-state index in [1.54, 1.807) is 49.3 Å². The van der Waals surface area contributed by atoms with Crippen LogP contribution >= 0.6 is 0 Å². The van der Waals surface area contributed by atoms with E-state index >= 15 is 0 Å². The summed E-state index contributed by atoms with van der Waals surface area (Å²) in [4.78, 5) is 55.6. The minimum Gasteiger partial charge on any atom is -0.456 e. The third-order valence-corrected chi connectivity index (χ3v) is 9.20. The number of benzene rings is 1. The van der Waals surface area contributed by atoms with Crippen LogP contribution in [0.1, 0.15) is 60.9 Å². The lowest BCUT2D eigenvalue weighted by Gasteiger charge is -2.33. The van der Waals surface area contributed by atoms with E-state index in [2.05, 4.69) is 5.32 Å². The van der Waals surface area contributed by atoms with E-state index in [0.29, 0.717) is 36.1 Å². The van der Waals surface area contributed by atoms with E-state index in [1.807, 2.05) is 6.08 Å². The Morgan fingerprint density at radius 2 is 1.82 bits per heavy atom. The van der Waals surface area contributed by atoms with Gasteiger partial charge in [-0.2, -0.15) is 0 Å². The molecule has 4 fully saturated rings. The number of esters is 1. The maximum atomic E-state index is 13.9. The Labute approximate surface area is 257 Å². The molecule has 0 radical (unpaired) electrons. The first-order valence-electron chi connectivity index (χ1n) is 15.7. The summed E-state index contributed by atoms with van der Waals surface area (Å²) in [6, 6.07) is 6.27. The number of nitrogens with one attached hydrogen (secondary N) is 1. The maximum Gasteiger partial charge on any atom is 0.339 e. The van der Waals surface area contributed by atoms with Gasteiger partial charge in [-0.15, -0.1) is 0 Å². The van der Waals surface area contributed by atoms with Crippen LogP contribution in [0.2, 0.25) is 0 Å². The molecule has 3 amide bonds. The first-order chi connectivity index (χ1) is 21.2. The molecule has 0 aromatic heterocycles. The fraction of sp³-hybridized carbons (Fsp3) is 0.576. The minimum absolute atomic E-state index is 0.122. The van der Waals surface area contributed by atoms with Crippen LogP contribution in [0.25, 0.3) is 6.08 Å². The van der Waals surface area contributed by atoms with Crippen molar-refractivity contribution < 1.29 is 38.5 Å². The first kappa shape index (κ1) is 30.5. The smallest absolute Gasteiger partial charge is 0.339 e. The third kappa shape index (κ3) is 6.05. The average Bonchev–Trinajstić information content (AvgIpc) is 3.97. The highest BCUT2D eigenvalue weighted by molar-refractivity contribution is 5.99. The lowest BCUT2D eigenvalue weighted by molar-refractivity contribution is -0.209. The summed E-state index contributed by atoms with van der Waals surface area (Å²) in [5, 5.41) is 11.8. The van der Waals surface area contributed by atoms with Gasteiger partial charge in [0, 0.05) is 57.1 Å². The Morgan fingerprint density at radius 1 is 1.09 bits per heavy atom. The number of rotatable bonds is 10. The van der Waals surface area contributed by atoms with Gasteiger partial charge in [-0.1, -0.05) is 18.2 Å². The molecule has 0 bridgehead atoms. The highest BCUT2D eigenvalue weighted by Crippen LogP contribution is 2.59. The van der Waals surface area contributed by atoms with Crippen LogP contribution < -0.4 is 5.32 Å². The van der Waals surface area contributed by atoms with Crippen molar-refractivity contribution in [3.63, 3.8) is 0 Å². The molecule has 0 unspecified atom stereocenters. The standard InChI is InChI=1S/C33H41N3O8/c1-35(2)28(38)14-9-20-6-3-4-7-24(20)32(41)42-26-18-21(31(40)36-16-5-8-25(36)30(39)34-15-17-37)19-27-29(26)44-33(43-27,22-10-11-22)23-12-13-23/h3-4,6-7,9,14,19,22-23,25-27,29,37H,5,8,10-13,15-18H2,1-2H3,(H,34,39)/t25-,26-,27-,29+/m1/s1. The number of hydrogen-bond acceptors (Lipinski definition) is 8. The summed E-state index contributed by atoms with van der Waals surface area (Å²) >= 11 is 0. The van der Waals surface area contributed by atoms with Crippen LogP contribution in [-0.4, -0.2) is 103 Å². The van der Waals surface area contributed by atoms with Crippen molar-refractivity contribution in [2.75, 3.05) is 33.8 Å². The molecule has 44 heavy (non-hydrogen) atoms. The summed E-state index contributed by atoms with van der Waals surface area (Å²) in [6.45, 7) is 0.375. The Kier molecular flexibility index (Phi) is 8.63. The highest BCUT2D eigenvalue weighted by atomic mass is 16.8. The van der Waals surface area contributed by atoms with Gasteiger partial charge < -0.3 is 34.4 Å². The van der Waals surface area contributed by atoms with E-state index in [9.17, 15) is 19.2 Å². The van der Waals surface area contributed by atoms with Gasteiger partial charge in [0.2, 0.25) is 17.7 Å². The normalized spacial score (nSPS) is 27.5. The Morgan fingerprint density at radius 3 is 2.50 bits per heavy atom. The lowest BCUT2D eigenvalue weighted by Crippen LogP contribution is -2.49. The number of likely N-dealkylation sites (tertiary alicyclic amines) is 1. The van der Waals surface area contributed by atoms with Gasteiger partial charge in [0.25, 0.3) is 0 Å². The molecule has 11 heteroatoms. The van der Waals surface area contributed by atoms with E-state index in [4.69, 9.17) is 19.3 Å². The molecule has 2 heterocycles. The predicted molar refractivity (Wildman–Crippen MR) is 159 cm³/mol. The molecule has 4 atom stereocenters. The fourth-order valence-electron chi connectivity index (χ4n) is 6.66. The molecule has 6 rings (SSSR count). The van der Waals surface area contributed by atoms with Crippen LogP contribution in [0.5, 0.6) is 0 Å². The van der Waals surface area contributed by atoms with Crippen LogP contribution in [0.3, 0.4) is 0 Å². The Balaban J connectivity index is 1.26. The van der Waals surface area contributed by atoms with Gasteiger partial charge in [0.15, 0.2) is 5.79 Å². The summed E-state index contributed by atoms with van der Waals surface area (Å²) in [5.74, 6) is -1.54. The van der Waals surface area contributed by atoms with Gasteiger partial charge in [0.05, 0.1) is 12.2 Å². The average molecular weight is 608 g/mol. The summed E-state index contributed by atoms with van der Waals surface area (Å²) in [5.41, 5.74) is 1.26. The molecule has 2 saturated carbocycles. The van der Waals surface area contributed by atoms with Crippen molar-refractivity contribution in [1.29, 1.82) is 0 Å². The number of carbonyl (C=O) groups excluding carboxylic acids is 4. The zero-order chi connectivity index (χ0) is 31.0. The largest absolute Gasteiger partial charge is 0.456 e. The number of fused-ring (bicyclic) bond motifs is 1. The number of hydrogen-bond donors (Lipinski definition) is 2. The first-order valence-corrected chi connectivity index (χ1v) is 15.7. The van der Waals surface area contributed by atoms with Gasteiger partial charge in [-0.3, -0.25) is 14.4 Å². The van der Waals surface area contributed by atoms with E-state index in [0.717, 1.165) is 25.7 Å². The summed E-state index contributed by atoms with van der Waals surface area (Å²) < 4.78 is 19.6. The van der Waals surface area contributed by atoms with Crippen molar-refractivity contribution in [3.05, 3.63) is 53.1 Å². The molecule has 3 aliphatic carbocycles. The van der Waals surface area contributed by atoms with Crippen molar-refractivity contribution in [1.82, 2.24) is 15.1 Å². The van der Waals surface area contributed by atoms with Crippen molar-refractivity contribution in [2.45, 2.75) is 75.1 Å². The molecule has 11 nitrogen and oxygen atoms in total. The molecule has 2 aliphatic heterocycles. The summed E-state index contributed by atoms with van der Waals surface area (Å²) in [7, 11) is 3.30. The van der Waals surface area contributed by atoms with Crippen molar-refractivity contribution >= 4 is 29.8 Å². The van der Waals surface area contributed by atoms with Crippen LogP contribution in [0.4, 0.5) is 0 Å².